The van der Waals surface area contributed by atoms with Gasteiger partial charge in [-0.2, -0.15) is 0 Å². The Kier molecular flexibility index (Phi) is 8.06. The monoisotopic (exact) mass is 513 g/mol. The Morgan fingerprint density at radius 3 is 1.89 bits per heavy atom. The minimum atomic E-state index is -1.11. The highest BCUT2D eigenvalue weighted by Gasteiger charge is 2.33. The molecule has 1 fully saturated rings. The molecule has 0 radical (unpaired) electrons. The van der Waals surface area contributed by atoms with E-state index in [1.54, 1.807) is 33.7 Å². The first-order chi connectivity index (χ1) is 17.0. The molecule has 2 aromatic carbocycles. The number of ether oxygens (including phenoxy) is 2. The lowest BCUT2D eigenvalue weighted by Gasteiger charge is -2.12. The molecule has 1 aliphatic rings. The van der Waals surface area contributed by atoms with E-state index >= 15 is 0 Å². The number of benzene rings is 2. The first-order valence-electron chi connectivity index (χ1n) is 10.4. The SMILES string of the molecule is O=C(OCc1ccc(SSc2ccc(COC(=O)n3ccnc3)cc2)cc1)ON1C(=O)CCC1=O. The van der Waals surface area contributed by atoms with E-state index in [1.165, 1.54) is 23.3 Å². The van der Waals surface area contributed by atoms with Crippen LogP contribution in [-0.2, 0) is 37.1 Å². The molecule has 10 nitrogen and oxygen atoms in total. The van der Waals surface area contributed by atoms with Crippen molar-refractivity contribution in [3.8, 4) is 0 Å². The van der Waals surface area contributed by atoms with Gasteiger partial charge >= 0.3 is 12.2 Å². The zero-order valence-electron chi connectivity index (χ0n) is 18.2. The molecule has 0 N–H and O–H groups in total. The Balaban J connectivity index is 1.18. The molecule has 3 aromatic rings. The molecule has 180 valence electrons. The number of carbonyl (C=O) groups excluding carboxylic acids is 4. The van der Waals surface area contributed by atoms with E-state index in [2.05, 4.69) is 9.82 Å². The summed E-state index contributed by atoms with van der Waals surface area (Å²) in [5.41, 5.74) is 1.60. The summed E-state index contributed by atoms with van der Waals surface area (Å²) in [5.74, 6) is -1.12. The third kappa shape index (κ3) is 6.87. The summed E-state index contributed by atoms with van der Waals surface area (Å²) in [6.07, 6.45) is 2.86. The number of rotatable bonds is 8. The highest BCUT2D eigenvalue weighted by Crippen LogP contribution is 2.37. The maximum absolute atomic E-state index is 11.8. The first kappa shape index (κ1) is 24.4. The van der Waals surface area contributed by atoms with Crippen LogP contribution in [0.2, 0.25) is 0 Å². The fourth-order valence-electron chi connectivity index (χ4n) is 2.87. The lowest BCUT2D eigenvalue weighted by Crippen LogP contribution is -2.32. The van der Waals surface area contributed by atoms with Crippen LogP contribution in [0.1, 0.15) is 24.0 Å². The van der Waals surface area contributed by atoms with Crippen molar-refractivity contribution < 1.29 is 33.5 Å². The Hall–Kier alpha value is -3.77. The maximum atomic E-state index is 11.8. The highest BCUT2D eigenvalue weighted by molar-refractivity contribution is 8.76. The van der Waals surface area contributed by atoms with Gasteiger partial charge < -0.3 is 9.47 Å². The molecule has 35 heavy (non-hydrogen) atoms. The molecule has 0 spiro atoms. The number of carbonyl (C=O) groups is 4. The van der Waals surface area contributed by atoms with Gasteiger partial charge in [0.05, 0.1) is 0 Å². The van der Waals surface area contributed by atoms with Gasteiger partial charge in [-0.25, -0.2) is 19.1 Å². The predicted molar refractivity (Wildman–Crippen MR) is 125 cm³/mol. The van der Waals surface area contributed by atoms with Gasteiger partial charge in [0.1, 0.15) is 19.5 Å². The zero-order valence-corrected chi connectivity index (χ0v) is 19.8. The lowest BCUT2D eigenvalue weighted by molar-refractivity contribution is -0.177. The standard InChI is InChI=1S/C23H19N3O7S2/c27-20-9-10-21(28)26(20)33-23(30)32-14-17-3-7-19(8-4-17)35-34-18-5-1-16(2-6-18)13-31-22(29)25-12-11-24-15-25/h1-8,11-12,15H,9-10,13-14H2. The molecule has 0 bridgehead atoms. The van der Waals surface area contributed by atoms with Crippen molar-refractivity contribution in [1.82, 2.24) is 14.6 Å². The van der Waals surface area contributed by atoms with Crippen LogP contribution < -0.4 is 0 Å². The molecular weight excluding hydrogens is 494 g/mol. The average molecular weight is 514 g/mol. The van der Waals surface area contributed by atoms with Crippen molar-refractivity contribution >= 4 is 45.7 Å². The summed E-state index contributed by atoms with van der Waals surface area (Å²) in [6, 6.07) is 15.1. The second-order valence-electron chi connectivity index (χ2n) is 7.19. The lowest BCUT2D eigenvalue weighted by atomic mass is 10.2. The molecule has 1 aromatic heterocycles. The number of amides is 2. The molecule has 2 amide bonds. The van der Waals surface area contributed by atoms with Crippen LogP contribution in [0.5, 0.6) is 0 Å². The van der Waals surface area contributed by atoms with Gasteiger partial charge in [0.2, 0.25) is 0 Å². The number of hydroxylamine groups is 2. The summed E-state index contributed by atoms with van der Waals surface area (Å²) < 4.78 is 11.5. The molecule has 4 rings (SSSR count). The summed E-state index contributed by atoms with van der Waals surface area (Å²) in [4.78, 5) is 56.9. The van der Waals surface area contributed by atoms with Gasteiger partial charge in [-0.1, -0.05) is 50.9 Å². The summed E-state index contributed by atoms with van der Waals surface area (Å²) in [5, 5.41) is 0.444. The molecule has 0 saturated carbocycles. The smallest absolute Gasteiger partial charge is 0.444 e. The Morgan fingerprint density at radius 1 is 0.829 bits per heavy atom. The second-order valence-corrected chi connectivity index (χ2v) is 9.47. The summed E-state index contributed by atoms with van der Waals surface area (Å²) in [7, 11) is 3.13. The predicted octanol–water partition coefficient (Wildman–Crippen LogP) is 4.58. The molecule has 0 atom stereocenters. The number of imidazole rings is 1. The third-order valence-corrected chi connectivity index (χ3v) is 7.10. The van der Waals surface area contributed by atoms with E-state index in [0.717, 1.165) is 20.9 Å². The van der Waals surface area contributed by atoms with Crippen LogP contribution in [0.3, 0.4) is 0 Å². The van der Waals surface area contributed by atoms with E-state index < -0.39 is 24.1 Å². The minimum absolute atomic E-state index is 0.0236. The third-order valence-electron chi connectivity index (χ3n) is 4.69. The van der Waals surface area contributed by atoms with Gasteiger partial charge in [-0.05, 0) is 35.4 Å². The van der Waals surface area contributed by atoms with Crippen LogP contribution in [0.4, 0.5) is 9.59 Å². The van der Waals surface area contributed by atoms with Crippen LogP contribution >= 0.6 is 21.6 Å². The molecular formula is C23H19N3O7S2. The number of imide groups is 1. The first-order valence-corrected chi connectivity index (χ1v) is 12.5. The Morgan fingerprint density at radius 2 is 1.37 bits per heavy atom. The van der Waals surface area contributed by atoms with Crippen molar-refractivity contribution in [2.45, 2.75) is 35.8 Å². The van der Waals surface area contributed by atoms with Gasteiger partial charge in [-0.3, -0.25) is 14.4 Å². The molecule has 1 aliphatic heterocycles. The average Bonchev–Trinajstić information content (AvgIpc) is 3.52. The zero-order chi connectivity index (χ0) is 24.6. The molecule has 0 unspecified atom stereocenters. The number of hydrogen-bond donors (Lipinski definition) is 0. The van der Waals surface area contributed by atoms with E-state index in [9.17, 15) is 19.2 Å². The van der Waals surface area contributed by atoms with Crippen molar-refractivity contribution in [3.05, 3.63) is 78.4 Å². The fourth-order valence-corrected chi connectivity index (χ4v) is 4.80. The largest absolute Gasteiger partial charge is 0.534 e. The van der Waals surface area contributed by atoms with Crippen molar-refractivity contribution in [2.24, 2.45) is 0 Å². The second kappa shape index (κ2) is 11.6. The Bertz CT molecular complexity index is 1180. The summed E-state index contributed by atoms with van der Waals surface area (Å²) in [6.45, 7) is 0.108. The van der Waals surface area contributed by atoms with Crippen molar-refractivity contribution in [3.63, 3.8) is 0 Å². The maximum Gasteiger partial charge on any atom is 0.534 e. The number of nitrogens with zero attached hydrogens (tertiary/aromatic N) is 3. The molecule has 2 heterocycles. The fraction of sp³-hybridized carbons (Fsp3) is 0.174. The van der Waals surface area contributed by atoms with E-state index in [-0.39, 0.29) is 26.1 Å². The van der Waals surface area contributed by atoms with Gasteiger partial charge in [0, 0.05) is 35.0 Å². The highest BCUT2D eigenvalue weighted by atomic mass is 33.1. The topological polar surface area (TPSA) is 117 Å². The van der Waals surface area contributed by atoms with Crippen LogP contribution in [0.15, 0.2) is 77.0 Å². The normalized spacial score (nSPS) is 13.1. The summed E-state index contributed by atoms with van der Waals surface area (Å²) >= 11 is 0. The van der Waals surface area contributed by atoms with E-state index in [1.807, 2.05) is 36.4 Å². The van der Waals surface area contributed by atoms with Crippen LogP contribution in [-0.4, -0.2) is 38.7 Å². The molecule has 0 aliphatic carbocycles. The minimum Gasteiger partial charge on any atom is -0.444 e. The van der Waals surface area contributed by atoms with Gasteiger partial charge in [-0.15, -0.1) is 0 Å². The molecule has 12 heteroatoms. The van der Waals surface area contributed by atoms with Gasteiger partial charge in [0.25, 0.3) is 11.8 Å². The quantitative estimate of drug-likeness (QED) is 0.241. The van der Waals surface area contributed by atoms with E-state index in [0.29, 0.717) is 5.06 Å². The van der Waals surface area contributed by atoms with Crippen molar-refractivity contribution in [2.75, 3.05) is 0 Å². The van der Waals surface area contributed by atoms with Gasteiger partial charge in [0.15, 0.2) is 0 Å². The number of aromatic nitrogens is 2. The van der Waals surface area contributed by atoms with Crippen molar-refractivity contribution in [1.29, 1.82) is 0 Å². The molecule has 1 saturated heterocycles. The van der Waals surface area contributed by atoms with Crippen LogP contribution in [0, 0.1) is 0 Å². The van der Waals surface area contributed by atoms with Crippen LogP contribution in [0.25, 0.3) is 0 Å². The Labute approximate surface area is 207 Å². The van der Waals surface area contributed by atoms with E-state index in [4.69, 9.17) is 9.47 Å². The number of hydrogen-bond acceptors (Lipinski definition) is 10.